The van der Waals surface area contributed by atoms with Gasteiger partial charge >= 0.3 is 11.9 Å². The Hall–Kier alpha value is -2.62. The van der Waals surface area contributed by atoms with Gasteiger partial charge in [-0.15, -0.1) is 0 Å². The van der Waals surface area contributed by atoms with Crippen molar-refractivity contribution in [2.45, 2.75) is 51.6 Å². The number of hydrogen-bond donors (Lipinski definition) is 0. The average molecular weight is 368 g/mol. The van der Waals surface area contributed by atoms with E-state index in [4.69, 9.17) is 9.47 Å². The van der Waals surface area contributed by atoms with E-state index in [-0.39, 0.29) is 24.3 Å². The van der Waals surface area contributed by atoms with E-state index in [0.717, 1.165) is 11.1 Å². The highest BCUT2D eigenvalue weighted by Crippen LogP contribution is 2.38. The predicted octanol–water partition coefficient (Wildman–Crippen LogP) is 4.85. The zero-order valence-electron chi connectivity index (χ0n) is 16.5. The van der Waals surface area contributed by atoms with Crippen LogP contribution in [0.2, 0.25) is 0 Å². The molecule has 0 fully saturated rings. The molecule has 0 spiro atoms. The molecule has 4 heteroatoms. The molecule has 0 amide bonds. The van der Waals surface area contributed by atoms with Gasteiger partial charge in [0.1, 0.15) is 5.60 Å². The minimum atomic E-state index is -0.616. The van der Waals surface area contributed by atoms with Crippen LogP contribution in [0.5, 0.6) is 0 Å². The fourth-order valence-electron chi connectivity index (χ4n) is 3.09. The molecule has 0 saturated carbocycles. The summed E-state index contributed by atoms with van der Waals surface area (Å²) in [7, 11) is 0. The Morgan fingerprint density at radius 1 is 0.889 bits per heavy atom. The molecule has 27 heavy (non-hydrogen) atoms. The summed E-state index contributed by atoms with van der Waals surface area (Å²) in [4.78, 5) is 25.4. The highest BCUT2D eigenvalue weighted by molar-refractivity contribution is 5.82. The first-order valence-corrected chi connectivity index (χ1v) is 9.30. The number of ether oxygens (including phenoxy) is 2. The molecule has 2 aromatic carbocycles. The molecule has 0 heterocycles. The molecule has 0 unspecified atom stereocenters. The molecule has 2 atom stereocenters. The molecule has 0 aliphatic heterocycles. The number of rotatable bonds is 7. The summed E-state index contributed by atoms with van der Waals surface area (Å²) in [6, 6.07) is 19.1. The first-order valence-electron chi connectivity index (χ1n) is 9.30. The zero-order chi connectivity index (χ0) is 19.9. The van der Waals surface area contributed by atoms with E-state index < -0.39 is 11.5 Å². The minimum absolute atomic E-state index is 0.108. The fourth-order valence-corrected chi connectivity index (χ4v) is 3.09. The quantitative estimate of drug-likeness (QED) is 0.656. The van der Waals surface area contributed by atoms with Gasteiger partial charge in [0.15, 0.2) is 0 Å². The standard InChI is InChI=1S/C23H28O4/c1-5-26-20(24)16-19(17-12-8-6-9-13-17)21(18-14-10-7-11-15-18)22(25)27-23(2,3)4/h6-15,19,21H,5,16H2,1-4H3/t19-,21+/m1/s1. The second-order valence-electron chi connectivity index (χ2n) is 7.45. The van der Waals surface area contributed by atoms with Crippen molar-refractivity contribution in [3.05, 3.63) is 71.8 Å². The third-order valence-corrected chi connectivity index (χ3v) is 4.14. The largest absolute Gasteiger partial charge is 0.466 e. The van der Waals surface area contributed by atoms with Crippen LogP contribution in [-0.2, 0) is 19.1 Å². The molecule has 0 aliphatic carbocycles. The molecule has 0 radical (unpaired) electrons. The van der Waals surface area contributed by atoms with Crippen molar-refractivity contribution in [3.63, 3.8) is 0 Å². The van der Waals surface area contributed by atoms with Gasteiger partial charge in [-0.3, -0.25) is 9.59 Å². The molecule has 0 bridgehead atoms. The summed E-state index contributed by atoms with van der Waals surface area (Å²) in [6.07, 6.45) is 0.108. The molecular weight excluding hydrogens is 340 g/mol. The van der Waals surface area contributed by atoms with Gasteiger partial charge in [-0.25, -0.2) is 0 Å². The van der Waals surface area contributed by atoms with Gasteiger partial charge < -0.3 is 9.47 Å². The Kier molecular flexibility index (Phi) is 7.17. The lowest BCUT2D eigenvalue weighted by molar-refractivity contribution is -0.157. The van der Waals surface area contributed by atoms with Crippen LogP contribution in [0.1, 0.15) is 57.1 Å². The normalized spacial score (nSPS) is 13.5. The summed E-state index contributed by atoms with van der Waals surface area (Å²) in [5.41, 5.74) is 1.12. The second kappa shape index (κ2) is 9.36. The first-order chi connectivity index (χ1) is 12.8. The first kappa shape index (κ1) is 20.7. The summed E-state index contributed by atoms with van der Waals surface area (Å²) >= 11 is 0. The minimum Gasteiger partial charge on any atom is -0.466 e. The van der Waals surface area contributed by atoms with Gasteiger partial charge in [0.05, 0.1) is 18.9 Å². The Labute approximate surface area is 161 Å². The van der Waals surface area contributed by atoms with E-state index in [2.05, 4.69) is 0 Å². The molecule has 0 aromatic heterocycles. The summed E-state index contributed by atoms with van der Waals surface area (Å²) in [5.74, 6) is -1.64. The van der Waals surface area contributed by atoms with Crippen molar-refractivity contribution < 1.29 is 19.1 Å². The van der Waals surface area contributed by atoms with Crippen LogP contribution in [0.25, 0.3) is 0 Å². The smallest absolute Gasteiger partial charge is 0.314 e. The van der Waals surface area contributed by atoms with Gasteiger partial charge in [-0.2, -0.15) is 0 Å². The number of carbonyl (C=O) groups excluding carboxylic acids is 2. The van der Waals surface area contributed by atoms with Crippen LogP contribution in [0.4, 0.5) is 0 Å². The van der Waals surface area contributed by atoms with Crippen LogP contribution in [0.15, 0.2) is 60.7 Å². The second-order valence-corrected chi connectivity index (χ2v) is 7.45. The average Bonchev–Trinajstić information content (AvgIpc) is 2.61. The molecular formula is C23H28O4. The molecule has 2 rings (SSSR count). The third-order valence-electron chi connectivity index (χ3n) is 4.14. The lowest BCUT2D eigenvalue weighted by Crippen LogP contribution is -2.31. The molecule has 0 N–H and O–H groups in total. The van der Waals surface area contributed by atoms with Crippen LogP contribution in [0.3, 0.4) is 0 Å². The highest BCUT2D eigenvalue weighted by Gasteiger charge is 2.36. The molecule has 0 saturated heterocycles. The predicted molar refractivity (Wildman–Crippen MR) is 105 cm³/mol. The summed E-state index contributed by atoms with van der Waals surface area (Å²) < 4.78 is 10.9. The lowest BCUT2D eigenvalue weighted by Gasteiger charge is -2.29. The van der Waals surface area contributed by atoms with Gasteiger partial charge in [0, 0.05) is 5.92 Å². The maximum Gasteiger partial charge on any atom is 0.314 e. The van der Waals surface area contributed by atoms with E-state index in [0.29, 0.717) is 6.61 Å². The molecule has 4 nitrogen and oxygen atoms in total. The van der Waals surface area contributed by atoms with Crippen molar-refractivity contribution in [1.29, 1.82) is 0 Å². The van der Waals surface area contributed by atoms with Crippen molar-refractivity contribution in [2.24, 2.45) is 0 Å². The summed E-state index contributed by atoms with van der Waals surface area (Å²) in [6.45, 7) is 7.61. The van der Waals surface area contributed by atoms with Crippen molar-refractivity contribution in [3.8, 4) is 0 Å². The SMILES string of the molecule is CCOC(=O)C[C@H](c1ccccc1)[C@@H](C(=O)OC(C)(C)C)c1ccccc1. The monoisotopic (exact) mass is 368 g/mol. The third kappa shape index (κ3) is 6.24. The van der Waals surface area contributed by atoms with E-state index >= 15 is 0 Å². The number of hydrogen-bond acceptors (Lipinski definition) is 4. The Bertz CT molecular complexity index is 732. The van der Waals surface area contributed by atoms with E-state index in [1.165, 1.54) is 0 Å². The highest BCUT2D eigenvalue weighted by atomic mass is 16.6. The van der Waals surface area contributed by atoms with Gasteiger partial charge in [0.2, 0.25) is 0 Å². The fraction of sp³-hybridized carbons (Fsp3) is 0.391. The number of esters is 2. The summed E-state index contributed by atoms with van der Waals surface area (Å²) in [5, 5.41) is 0. The van der Waals surface area contributed by atoms with E-state index in [1.807, 2.05) is 81.4 Å². The van der Waals surface area contributed by atoms with Crippen molar-refractivity contribution in [2.75, 3.05) is 6.61 Å². The van der Waals surface area contributed by atoms with Crippen LogP contribution in [0, 0.1) is 0 Å². The van der Waals surface area contributed by atoms with E-state index in [9.17, 15) is 9.59 Å². The molecule has 144 valence electrons. The Morgan fingerprint density at radius 2 is 1.41 bits per heavy atom. The zero-order valence-corrected chi connectivity index (χ0v) is 16.5. The molecule has 2 aromatic rings. The van der Waals surface area contributed by atoms with Crippen LogP contribution < -0.4 is 0 Å². The molecule has 0 aliphatic rings. The van der Waals surface area contributed by atoms with Crippen molar-refractivity contribution >= 4 is 11.9 Å². The Balaban J connectivity index is 2.48. The van der Waals surface area contributed by atoms with Gasteiger partial charge in [-0.1, -0.05) is 60.7 Å². The van der Waals surface area contributed by atoms with Crippen molar-refractivity contribution in [1.82, 2.24) is 0 Å². The van der Waals surface area contributed by atoms with Crippen LogP contribution in [-0.4, -0.2) is 24.1 Å². The Morgan fingerprint density at radius 3 is 1.89 bits per heavy atom. The topological polar surface area (TPSA) is 52.6 Å². The van der Waals surface area contributed by atoms with Gasteiger partial charge in [0.25, 0.3) is 0 Å². The van der Waals surface area contributed by atoms with E-state index in [1.54, 1.807) is 6.92 Å². The maximum atomic E-state index is 13.1. The number of benzene rings is 2. The number of carbonyl (C=O) groups is 2. The van der Waals surface area contributed by atoms with Crippen LogP contribution >= 0.6 is 0 Å². The van der Waals surface area contributed by atoms with Gasteiger partial charge in [-0.05, 0) is 38.8 Å². The maximum absolute atomic E-state index is 13.1. The lowest BCUT2D eigenvalue weighted by atomic mass is 9.79.